The number of rotatable bonds is 11. The number of aliphatic hydroxyl groups excluding tert-OH is 1. The van der Waals surface area contributed by atoms with Crippen molar-refractivity contribution < 1.29 is 52.6 Å². The van der Waals surface area contributed by atoms with Gasteiger partial charge in [0.05, 0.1) is 53.7 Å². The lowest BCUT2D eigenvalue weighted by atomic mass is 9.62. The van der Waals surface area contributed by atoms with Crippen molar-refractivity contribution in [1.29, 1.82) is 0 Å². The minimum atomic E-state index is -0.933. The zero-order valence-corrected chi connectivity index (χ0v) is 38.3. The van der Waals surface area contributed by atoms with Crippen LogP contribution >= 0.6 is 11.6 Å². The predicted octanol–water partition coefficient (Wildman–Crippen LogP) is 6.43. The van der Waals surface area contributed by atoms with Gasteiger partial charge < -0.3 is 53.2 Å². The first-order chi connectivity index (χ1) is 29.3. The zero-order chi connectivity index (χ0) is 43.7. The molecule has 3 heterocycles. The molecule has 3 aliphatic heterocycles. The summed E-state index contributed by atoms with van der Waals surface area (Å²) < 4.78 is 50.2. The quantitative estimate of drug-likeness (QED) is 0.236. The number of hydrogen-bond acceptors (Lipinski definition) is 13. The molecule has 2 saturated carbocycles. The van der Waals surface area contributed by atoms with Crippen molar-refractivity contribution in [3.63, 3.8) is 0 Å². The Morgan fingerprint density at radius 3 is 2.28 bits per heavy atom. The number of fused-ring (bicyclic) bond motifs is 5. The SMILES string of the molecule is CC[C@H]1CCC[C@H](O[C@H]2CC[C@H](N(C)C)C(C)O2)[C@@H](C)C(=O)C2=C[C@H]3[C@@H]4C[C@H](O[C@@H]5OC(C)[C@H](OC)C(OC)C5OC)C[C@H]4[C@H](Nc4ccccc4Cl)[C@@H](O)[C@H]3[C@@H]2CC(=O)O1. The number of likely N-dealkylation sites (N-methyl/N-ethyl adjacent to an activating group) is 1. The third-order valence-corrected chi connectivity index (χ3v) is 15.4. The van der Waals surface area contributed by atoms with E-state index in [0.717, 1.165) is 19.3 Å². The van der Waals surface area contributed by atoms with Gasteiger partial charge in [0.2, 0.25) is 0 Å². The van der Waals surface area contributed by atoms with Gasteiger partial charge >= 0.3 is 5.97 Å². The van der Waals surface area contributed by atoms with Crippen LogP contribution in [-0.2, 0) is 47.5 Å². The Morgan fingerprint density at radius 2 is 1.61 bits per heavy atom. The summed E-state index contributed by atoms with van der Waals surface area (Å²) in [4.78, 5) is 31.2. The summed E-state index contributed by atoms with van der Waals surface area (Å²) in [6.45, 7) is 8.02. The van der Waals surface area contributed by atoms with E-state index in [1.165, 1.54) is 0 Å². The number of methoxy groups -OCH3 is 3. The molecular weight excluding hydrogens is 804 g/mol. The number of anilines is 1. The van der Waals surface area contributed by atoms with Crippen molar-refractivity contribution in [2.45, 2.75) is 165 Å². The van der Waals surface area contributed by atoms with Crippen molar-refractivity contribution in [2.24, 2.45) is 35.5 Å². The second-order valence-corrected chi connectivity index (χ2v) is 19.2. The first-order valence-electron chi connectivity index (χ1n) is 22.8. The van der Waals surface area contributed by atoms with E-state index in [-0.39, 0.29) is 66.4 Å². The van der Waals surface area contributed by atoms with Gasteiger partial charge in [-0.25, -0.2) is 0 Å². The normalized spacial score (nSPS) is 43.3. The Balaban J connectivity index is 1.21. The van der Waals surface area contributed by atoms with E-state index >= 15 is 4.79 Å². The first-order valence-corrected chi connectivity index (χ1v) is 23.2. The molecule has 3 aliphatic carbocycles. The summed E-state index contributed by atoms with van der Waals surface area (Å²) in [5, 5.41) is 16.9. The molecule has 0 amide bonds. The van der Waals surface area contributed by atoms with Crippen molar-refractivity contribution in [3.05, 3.63) is 40.9 Å². The molecule has 61 heavy (non-hydrogen) atoms. The third kappa shape index (κ3) is 9.77. The van der Waals surface area contributed by atoms with E-state index in [4.69, 9.17) is 49.5 Å². The predicted molar refractivity (Wildman–Crippen MR) is 230 cm³/mol. The minimum Gasteiger partial charge on any atom is -0.462 e. The van der Waals surface area contributed by atoms with Crippen LogP contribution in [0.4, 0.5) is 5.69 Å². The van der Waals surface area contributed by atoms with Crippen LogP contribution in [0.25, 0.3) is 0 Å². The average Bonchev–Trinajstić information content (AvgIpc) is 3.82. The van der Waals surface area contributed by atoms with Gasteiger partial charge in [-0.3, -0.25) is 9.59 Å². The molecule has 7 rings (SSSR count). The highest BCUT2D eigenvalue weighted by atomic mass is 35.5. The number of ether oxygens (including phenoxy) is 8. The van der Waals surface area contributed by atoms with Gasteiger partial charge in [-0.2, -0.15) is 0 Å². The Bertz CT molecular complexity index is 1680. The molecule has 4 unspecified atom stereocenters. The molecule has 1 aromatic carbocycles. The maximum absolute atomic E-state index is 15.1. The van der Waals surface area contributed by atoms with E-state index in [9.17, 15) is 9.90 Å². The largest absolute Gasteiger partial charge is 0.462 e. The highest BCUT2D eigenvalue weighted by Gasteiger charge is 2.60. The Kier molecular flexibility index (Phi) is 15.6. The number of cyclic esters (lactones) is 1. The van der Waals surface area contributed by atoms with Crippen molar-refractivity contribution in [1.82, 2.24) is 4.90 Å². The minimum absolute atomic E-state index is 0.00175. The standard InChI is InChI=1S/C47H71ClN2O11/c1-10-27-14-13-17-37(61-39-19-18-36(50(5)6)25(3)57-39)24(2)42(52)33-22-30-29-20-28(60-47-46(56-9)45(55-8)44(54-7)26(4)58-47)21-32(29)41(49-35-16-12-11-15-34(35)48)43(53)40(30)31(33)23-38(51)59-27/h11-12,15-16,22,24-32,36-37,39-41,43-47,49,53H,10,13-14,17-21,23H2,1-9H3/t24-,25?,26?,27+,28+,29+,30+,31-,32-,36+,37+,39+,40-,41+,43+,44+,45?,46?,47+/m1/s1. The molecule has 19 atom stereocenters. The van der Waals surface area contributed by atoms with Crippen LogP contribution < -0.4 is 5.32 Å². The molecule has 2 N–H and O–H groups in total. The van der Waals surface area contributed by atoms with Crippen LogP contribution in [-0.4, -0.2) is 137 Å². The van der Waals surface area contributed by atoms with E-state index in [1.807, 2.05) is 45.0 Å². The number of carbonyl (C=O) groups excluding carboxylic acids is 2. The number of nitrogens with one attached hydrogen (secondary N) is 1. The lowest BCUT2D eigenvalue weighted by Crippen LogP contribution is -2.59. The lowest BCUT2D eigenvalue weighted by Gasteiger charge is -2.47. The molecule has 13 nitrogen and oxygen atoms in total. The topological polar surface area (TPSA) is 143 Å². The molecule has 1 aromatic rings. The third-order valence-electron chi connectivity index (χ3n) is 15.1. The maximum Gasteiger partial charge on any atom is 0.306 e. The molecule has 0 spiro atoms. The van der Waals surface area contributed by atoms with Crippen LogP contribution in [0.5, 0.6) is 0 Å². The number of aliphatic hydroxyl groups is 1. The molecule has 6 aliphatic rings. The zero-order valence-electron chi connectivity index (χ0n) is 37.6. The number of hydrogen-bond donors (Lipinski definition) is 2. The molecule has 5 fully saturated rings. The first kappa shape index (κ1) is 46.8. The summed E-state index contributed by atoms with van der Waals surface area (Å²) in [7, 11) is 9.04. The number of carbonyl (C=O) groups is 2. The van der Waals surface area contributed by atoms with Crippen LogP contribution in [0.2, 0.25) is 5.02 Å². The lowest BCUT2D eigenvalue weighted by molar-refractivity contribution is -0.314. The van der Waals surface area contributed by atoms with Crippen molar-refractivity contribution in [3.8, 4) is 0 Å². The molecule has 3 saturated heterocycles. The monoisotopic (exact) mass is 874 g/mol. The van der Waals surface area contributed by atoms with Crippen LogP contribution in [0.1, 0.15) is 85.5 Å². The fourth-order valence-corrected chi connectivity index (χ4v) is 12.2. The average molecular weight is 876 g/mol. The van der Waals surface area contributed by atoms with Gasteiger partial charge in [-0.05, 0) is 115 Å². The van der Waals surface area contributed by atoms with E-state index in [2.05, 4.69) is 37.3 Å². The number of Topliss-reactive ketones (excluding diaryl/α,β-unsaturated/α-hetero) is 1. The van der Waals surface area contributed by atoms with E-state index < -0.39 is 60.8 Å². The van der Waals surface area contributed by atoms with E-state index in [1.54, 1.807) is 21.3 Å². The molecule has 0 aromatic heterocycles. The van der Waals surface area contributed by atoms with Gasteiger partial charge in [0.1, 0.15) is 24.4 Å². The number of nitrogens with zero attached hydrogens (tertiary/aromatic N) is 1. The van der Waals surface area contributed by atoms with E-state index in [0.29, 0.717) is 54.4 Å². The molecular formula is C47H71ClN2O11. The summed E-state index contributed by atoms with van der Waals surface area (Å²) in [5.74, 6) is -2.16. The second kappa shape index (κ2) is 20.3. The number of allylic oxidation sites excluding steroid dienone is 2. The Labute approximate surface area is 367 Å². The van der Waals surface area contributed by atoms with Crippen LogP contribution in [0.3, 0.4) is 0 Å². The molecule has 342 valence electrons. The number of ketones is 1. The summed E-state index contributed by atoms with van der Waals surface area (Å²) >= 11 is 6.75. The fourth-order valence-electron chi connectivity index (χ4n) is 12.0. The molecule has 0 bridgehead atoms. The number of para-hydroxylation sites is 1. The Hall–Kier alpha value is -2.17. The molecule has 0 radical (unpaired) electrons. The second-order valence-electron chi connectivity index (χ2n) is 18.8. The highest BCUT2D eigenvalue weighted by molar-refractivity contribution is 6.33. The molecule has 14 heteroatoms. The van der Waals surface area contributed by atoms with Crippen LogP contribution in [0.15, 0.2) is 35.9 Å². The number of halogens is 1. The maximum atomic E-state index is 15.1. The van der Waals surface area contributed by atoms with Crippen LogP contribution in [0, 0.1) is 35.5 Å². The summed E-state index contributed by atoms with van der Waals surface area (Å²) in [6, 6.07) is 7.36. The fraction of sp³-hybridized carbons (Fsp3) is 0.787. The Morgan fingerprint density at radius 1 is 0.885 bits per heavy atom. The summed E-state index contributed by atoms with van der Waals surface area (Å²) in [5.41, 5.74) is 1.30. The number of benzene rings is 1. The van der Waals surface area contributed by atoms with Crippen molar-refractivity contribution in [2.75, 3.05) is 40.7 Å². The number of esters is 1. The van der Waals surface area contributed by atoms with Crippen molar-refractivity contribution >= 4 is 29.0 Å². The van der Waals surface area contributed by atoms with Gasteiger partial charge in [0, 0.05) is 45.1 Å². The van der Waals surface area contributed by atoms with Gasteiger partial charge in [-0.1, -0.05) is 43.7 Å². The smallest absolute Gasteiger partial charge is 0.306 e. The van der Waals surface area contributed by atoms with Gasteiger partial charge in [0.25, 0.3) is 0 Å². The van der Waals surface area contributed by atoms with Gasteiger partial charge in [0.15, 0.2) is 18.4 Å². The summed E-state index contributed by atoms with van der Waals surface area (Å²) in [6.07, 6.45) is 3.15. The van der Waals surface area contributed by atoms with Gasteiger partial charge in [-0.15, -0.1) is 0 Å². The highest BCUT2D eigenvalue weighted by Crippen LogP contribution is 2.57.